The van der Waals surface area contributed by atoms with Crippen LogP contribution in [0.25, 0.3) is 34.9 Å². The first-order valence-corrected chi connectivity index (χ1v) is 40.8. The number of benzene rings is 9. The van der Waals surface area contributed by atoms with Gasteiger partial charge in [0.25, 0.3) is 0 Å². The average Bonchev–Trinajstić information content (AvgIpc) is 1.61. The van der Waals surface area contributed by atoms with Gasteiger partial charge in [-0.2, -0.15) is 0 Å². The monoisotopic (exact) mass is 1540 g/mol. The standard InChI is InChI=1S/C96H111B6NO12/c1-85(2)86(3,4)105-97(104-85)73-43-31-67(32-44-73)82(68-33-45-74(46-34-68)98-106-87(5,6)88(7,8)107-98)61-64-25-55-79(56-26-64)103(80-57-27-65(28-58-80)62-83(69-35-47-75(48-36-69)99-108-89(9,10)90(11,12)109-99)70-37-49-76(50-38-70)100-110-91(13,14)92(15,16)111-100)81-59-29-66(30-60-81)63-84(71-39-51-77(52-40-71)101-112-93(17,18)94(19,20)113-101)72-41-53-78(54-42-72)102-114-95(21,22)96(23,24)115-102/h25-63H,1-24H3. The molecule has 6 fully saturated rings. The lowest BCUT2D eigenvalue weighted by Crippen LogP contribution is -2.41. The van der Waals surface area contributed by atoms with Crippen molar-refractivity contribution in [1.82, 2.24) is 0 Å². The normalized spacial score (nSPS) is 21.2. The Hall–Kier alpha value is -8.09. The minimum absolute atomic E-state index is 0.477. The first-order chi connectivity index (χ1) is 53.8. The van der Waals surface area contributed by atoms with E-state index in [1.54, 1.807) is 0 Å². The van der Waals surface area contributed by atoms with Crippen molar-refractivity contribution in [2.24, 2.45) is 0 Å². The molecule has 6 aliphatic heterocycles. The van der Waals surface area contributed by atoms with Crippen LogP contribution in [0.1, 0.15) is 216 Å². The highest BCUT2D eigenvalue weighted by molar-refractivity contribution is 6.64. The van der Waals surface area contributed by atoms with E-state index in [0.29, 0.717) is 0 Å². The second kappa shape index (κ2) is 29.5. The average molecular weight is 1540 g/mol. The van der Waals surface area contributed by atoms with Crippen LogP contribution in [0.4, 0.5) is 17.1 Å². The SMILES string of the molecule is CC1(C)OB(c2ccc(C(=Cc3ccc(N(c4ccc(C=C(c5ccc(B6OC(C)(C)C(C)(C)O6)cc5)c5ccc(B6OC(C)(C)C(C)(C)O6)cc5)cc4)c4ccc(C=C(c5ccc(B6OC(C)(C)C(C)(C)O6)cc5)c5ccc(B6OC(C)(C)C(C)(C)O6)cc5)cc4)cc3)c3ccc(B4OC(C)(C)C(C)(C)O4)cc3)cc2)OC1(C)C. The number of nitrogens with zero attached hydrogens (tertiary/aromatic N) is 1. The van der Waals surface area contributed by atoms with Crippen molar-refractivity contribution in [2.75, 3.05) is 4.90 Å². The first kappa shape index (κ1) is 82.0. The third kappa shape index (κ3) is 15.9. The second-order valence-corrected chi connectivity index (χ2v) is 38.0. The Morgan fingerprint density at radius 1 is 0.183 bits per heavy atom. The lowest BCUT2D eigenvalue weighted by Gasteiger charge is -2.32. The molecule has 0 aliphatic carbocycles. The minimum atomic E-state index is -0.497. The molecule has 0 bridgehead atoms. The van der Waals surface area contributed by atoms with Crippen LogP contribution >= 0.6 is 0 Å². The van der Waals surface area contributed by atoms with Crippen LogP contribution in [-0.4, -0.2) is 110 Å². The van der Waals surface area contributed by atoms with Gasteiger partial charge in [0.05, 0.1) is 67.2 Å². The molecule has 6 aliphatic rings. The summed E-state index contributed by atoms with van der Waals surface area (Å²) in [6.07, 6.45) is 6.81. The zero-order chi connectivity index (χ0) is 82.2. The molecule has 0 saturated carbocycles. The molecule has 0 radical (unpaired) electrons. The van der Waals surface area contributed by atoms with E-state index in [2.05, 4.69) is 408 Å². The van der Waals surface area contributed by atoms with Crippen molar-refractivity contribution in [3.8, 4) is 0 Å². The van der Waals surface area contributed by atoms with Crippen molar-refractivity contribution in [3.63, 3.8) is 0 Å². The maximum Gasteiger partial charge on any atom is 0.494 e. The molecule has 115 heavy (non-hydrogen) atoms. The summed E-state index contributed by atoms with van der Waals surface area (Å²) in [6, 6.07) is 78.0. The quantitative estimate of drug-likeness (QED) is 0.0600. The number of hydrogen-bond acceptors (Lipinski definition) is 13. The number of rotatable bonds is 18. The van der Waals surface area contributed by atoms with Gasteiger partial charge in [0.15, 0.2) is 0 Å². The molecule has 0 spiro atoms. The predicted octanol–water partition coefficient (Wildman–Crippen LogP) is 17.7. The topological polar surface area (TPSA) is 114 Å². The van der Waals surface area contributed by atoms with Gasteiger partial charge in [0.2, 0.25) is 0 Å². The maximum atomic E-state index is 6.53. The molecule has 0 aromatic heterocycles. The molecule has 6 saturated heterocycles. The van der Waals surface area contributed by atoms with Gasteiger partial charge >= 0.3 is 42.7 Å². The molecule has 19 heteroatoms. The molecule has 6 heterocycles. The molecule has 13 nitrogen and oxygen atoms in total. The summed E-state index contributed by atoms with van der Waals surface area (Å²) >= 11 is 0. The molecule has 0 unspecified atom stereocenters. The van der Waals surface area contributed by atoms with Gasteiger partial charge in [-0.1, -0.05) is 182 Å². The van der Waals surface area contributed by atoms with Gasteiger partial charge < -0.3 is 60.8 Å². The van der Waals surface area contributed by atoms with Crippen LogP contribution in [0.3, 0.4) is 0 Å². The molecule has 9 aromatic rings. The van der Waals surface area contributed by atoms with Gasteiger partial charge in [-0.3, -0.25) is 0 Å². The fourth-order valence-corrected chi connectivity index (χ4v) is 14.9. The van der Waals surface area contributed by atoms with Crippen LogP contribution in [0.5, 0.6) is 0 Å². The Morgan fingerprint density at radius 3 is 0.426 bits per heavy atom. The van der Waals surface area contributed by atoms with Crippen molar-refractivity contribution >= 4 is 127 Å². The smallest absolute Gasteiger partial charge is 0.399 e. The van der Waals surface area contributed by atoms with Crippen LogP contribution < -0.4 is 37.7 Å². The van der Waals surface area contributed by atoms with E-state index in [9.17, 15) is 0 Å². The highest BCUT2D eigenvalue weighted by Gasteiger charge is 2.57. The fraction of sp³-hybridized carbons (Fsp3) is 0.375. The lowest BCUT2D eigenvalue weighted by atomic mass is 9.77. The Kier molecular flexibility index (Phi) is 21.0. The van der Waals surface area contributed by atoms with Crippen molar-refractivity contribution in [3.05, 3.63) is 268 Å². The Balaban J connectivity index is 0.810. The molecular formula is C96H111B6NO12. The Bertz CT molecular complexity index is 4290. The van der Waals surface area contributed by atoms with E-state index >= 15 is 0 Å². The molecule has 9 aromatic carbocycles. The van der Waals surface area contributed by atoms with E-state index in [4.69, 9.17) is 55.9 Å². The van der Waals surface area contributed by atoms with E-state index in [-0.39, 0.29) is 0 Å². The predicted molar refractivity (Wildman–Crippen MR) is 475 cm³/mol. The molecule has 0 amide bonds. The van der Waals surface area contributed by atoms with Crippen LogP contribution in [0, 0.1) is 0 Å². The van der Waals surface area contributed by atoms with Crippen LogP contribution in [0.15, 0.2) is 218 Å². The summed E-state index contributed by atoms with van der Waals surface area (Å²) in [7, 11) is -2.98. The molecule has 15 rings (SSSR count). The maximum absolute atomic E-state index is 6.53. The van der Waals surface area contributed by atoms with Gasteiger partial charge in [-0.25, -0.2) is 0 Å². The summed E-state index contributed by atoms with van der Waals surface area (Å²) in [5, 5.41) is 0. The van der Waals surface area contributed by atoms with Crippen LogP contribution in [-0.2, 0) is 55.9 Å². The molecular weight excluding hydrogens is 1420 g/mol. The summed E-state index contributed by atoms with van der Waals surface area (Å²) in [6.45, 7) is 50.1. The molecule has 0 atom stereocenters. The van der Waals surface area contributed by atoms with Gasteiger partial charge in [-0.15, -0.1) is 0 Å². The zero-order valence-corrected chi connectivity index (χ0v) is 71.8. The fourth-order valence-electron chi connectivity index (χ4n) is 14.9. The van der Waals surface area contributed by atoms with E-state index in [0.717, 1.165) is 117 Å². The third-order valence-electron chi connectivity index (χ3n) is 26.9. The highest BCUT2D eigenvalue weighted by atomic mass is 16.7. The second-order valence-electron chi connectivity index (χ2n) is 38.0. The van der Waals surface area contributed by atoms with Gasteiger partial charge in [0.1, 0.15) is 0 Å². The summed E-state index contributed by atoms with van der Waals surface area (Å²) in [4.78, 5) is 2.33. The van der Waals surface area contributed by atoms with Crippen molar-refractivity contribution < 1.29 is 55.9 Å². The number of anilines is 3. The molecule has 0 N–H and O–H groups in total. The van der Waals surface area contributed by atoms with Gasteiger partial charge in [0, 0.05) is 17.1 Å². The van der Waals surface area contributed by atoms with E-state index in [1.807, 2.05) is 0 Å². The molecule has 590 valence electrons. The highest BCUT2D eigenvalue weighted by Crippen LogP contribution is 2.45. The van der Waals surface area contributed by atoms with Gasteiger partial charge in [-0.05, 0) is 320 Å². The summed E-state index contributed by atoms with van der Waals surface area (Å²) < 4.78 is 78.4. The summed E-state index contributed by atoms with van der Waals surface area (Å²) in [5.41, 5.74) is 15.4. The zero-order valence-electron chi connectivity index (χ0n) is 71.8. The van der Waals surface area contributed by atoms with Crippen molar-refractivity contribution in [2.45, 2.75) is 233 Å². The third-order valence-corrected chi connectivity index (χ3v) is 26.9. The van der Waals surface area contributed by atoms with E-state index in [1.165, 1.54) is 0 Å². The lowest BCUT2D eigenvalue weighted by molar-refractivity contribution is 0.00578. The summed E-state index contributed by atoms with van der Waals surface area (Å²) in [5.74, 6) is 0. The first-order valence-electron chi connectivity index (χ1n) is 40.8. The largest absolute Gasteiger partial charge is 0.494 e. The minimum Gasteiger partial charge on any atom is -0.399 e. The Morgan fingerprint density at radius 2 is 0.304 bits per heavy atom. The van der Waals surface area contributed by atoms with Crippen molar-refractivity contribution in [1.29, 1.82) is 0 Å². The Labute approximate surface area is 686 Å². The number of hydrogen-bond donors (Lipinski definition) is 0. The van der Waals surface area contributed by atoms with Crippen LogP contribution in [0.2, 0.25) is 0 Å². The van der Waals surface area contributed by atoms with E-state index < -0.39 is 110 Å².